The predicted molar refractivity (Wildman–Crippen MR) is 108 cm³/mol. The Morgan fingerprint density at radius 3 is 2.38 bits per heavy atom. The van der Waals surface area contributed by atoms with Crippen LogP contribution in [0.5, 0.6) is 0 Å². The minimum absolute atomic E-state index is 0.323. The van der Waals surface area contributed by atoms with Crippen LogP contribution in [0.3, 0.4) is 0 Å². The number of rotatable bonds is 7. The Hall–Kier alpha value is -2.32. The molecule has 0 bridgehead atoms. The predicted octanol–water partition coefficient (Wildman–Crippen LogP) is 6.11. The molecule has 0 amide bonds. The fraction of sp³-hybridized carbons (Fsp3) is 0.333. The Balaban J connectivity index is 2.05. The quantitative estimate of drug-likeness (QED) is 0.601. The fourth-order valence-corrected chi connectivity index (χ4v) is 3.54. The van der Waals surface area contributed by atoms with E-state index < -0.39 is 0 Å². The molecule has 1 aliphatic rings. The van der Waals surface area contributed by atoms with Crippen molar-refractivity contribution in [2.45, 2.75) is 38.2 Å². The Bertz CT molecular complexity index is 746. The maximum absolute atomic E-state index is 6.74. The summed E-state index contributed by atoms with van der Waals surface area (Å²) in [7, 11) is 1.74. The van der Waals surface area contributed by atoms with Crippen molar-refractivity contribution in [1.82, 2.24) is 0 Å². The first kappa shape index (κ1) is 18.5. The first-order valence-corrected chi connectivity index (χ1v) is 9.47. The van der Waals surface area contributed by atoms with Gasteiger partial charge in [0.05, 0.1) is 6.61 Å². The lowest BCUT2D eigenvalue weighted by atomic mass is 9.80. The Kier molecular flexibility index (Phi) is 6.30. The van der Waals surface area contributed by atoms with Crippen LogP contribution in [0.25, 0.3) is 5.76 Å². The van der Waals surface area contributed by atoms with Crippen LogP contribution in [0.15, 0.2) is 78.4 Å². The Morgan fingerprint density at radius 2 is 1.73 bits per heavy atom. The molecule has 1 unspecified atom stereocenters. The van der Waals surface area contributed by atoms with Gasteiger partial charge in [0.15, 0.2) is 0 Å². The van der Waals surface area contributed by atoms with E-state index in [1.165, 1.54) is 11.1 Å². The molecule has 0 aromatic heterocycles. The number of allylic oxidation sites excluding steroid dienone is 1. The van der Waals surface area contributed by atoms with Gasteiger partial charge in [0.2, 0.25) is 0 Å². The summed E-state index contributed by atoms with van der Waals surface area (Å²) in [6.07, 6.45) is 8.50. The average Bonchev–Trinajstić information content (AvgIpc) is 2.72. The largest absolute Gasteiger partial charge is 0.482 e. The molecule has 0 aliphatic carbocycles. The summed E-state index contributed by atoms with van der Waals surface area (Å²) in [5.74, 6) is 0.944. The van der Waals surface area contributed by atoms with Crippen LogP contribution in [0.1, 0.15) is 43.7 Å². The average molecular weight is 348 g/mol. The summed E-state index contributed by atoms with van der Waals surface area (Å²) in [5.41, 5.74) is 3.32. The second-order valence-electron chi connectivity index (χ2n) is 6.85. The lowest BCUT2D eigenvalue weighted by Crippen LogP contribution is -2.32. The van der Waals surface area contributed by atoms with Gasteiger partial charge in [-0.1, -0.05) is 80.1 Å². The van der Waals surface area contributed by atoms with Crippen molar-refractivity contribution in [2.75, 3.05) is 13.7 Å². The molecule has 0 spiro atoms. The summed E-state index contributed by atoms with van der Waals surface area (Å²) in [6.45, 7) is 2.85. The van der Waals surface area contributed by atoms with Gasteiger partial charge in [-0.25, -0.2) is 0 Å². The molecule has 0 saturated heterocycles. The van der Waals surface area contributed by atoms with Crippen LogP contribution < -0.4 is 0 Å². The molecule has 1 aliphatic heterocycles. The number of hydrogen-bond donors (Lipinski definition) is 0. The van der Waals surface area contributed by atoms with Crippen molar-refractivity contribution in [3.05, 3.63) is 89.5 Å². The van der Waals surface area contributed by atoms with Gasteiger partial charge in [-0.3, -0.25) is 0 Å². The molecular formula is C24H28O2. The zero-order valence-electron chi connectivity index (χ0n) is 15.8. The third-order valence-electron chi connectivity index (χ3n) is 4.92. The molecule has 0 saturated carbocycles. The highest BCUT2D eigenvalue weighted by Crippen LogP contribution is 2.45. The first-order valence-electron chi connectivity index (χ1n) is 9.47. The summed E-state index contributed by atoms with van der Waals surface area (Å²) < 4.78 is 12.0. The molecular weight excluding hydrogens is 320 g/mol. The van der Waals surface area contributed by atoms with Crippen LogP contribution >= 0.6 is 0 Å². The highest BCUT2D eigenvalue weighted by atomic mass is 16.5. The molecule has 136 valence electrons. The molecule has 2 nitrogen and oxygen atoms in total. The van der Waals surface area contributed by atoms with Gasteiger partial charge < -0.3 is 9.47 Å². The lowest BCUT2D eigenvalue weighted by molar-refractivity contribution is 0.0190. The molecule has 2 aromatic rings. The van der Waals surface area contributed by atoms with Crippen molar-refractivity contribution in [3.8, 4) is 0 Å². The van der Waals surface area contributed by atoms with Crippen molar-refractivity contribution >= 4 is 5.76 Å². The fourth-order valence-electron chi connectivity index (χ4n) is 3.54. The normalized spacial score (nSPS) is 21.3. The minimum atomic E-state index is -0.323. The Morgan fingerprint density at radius 1 is 1.04 bits per heavy atom. The molecule has 0 fully saturated rings. The van der Waals surface area contributed by atoms with E-state index in [1.54, 1.807) is 7.11 Å². The van der Waals surface area contributed by atoms with Crippen molar-refractivity contribution in [3.63, 3.8) is 0 Å². The van der Waals surface area contributed by atoms with E-state index in [4.69, 9.17) is 9.47 Å². The van der Waals surface area contributed by atoms with Crippen LogP contribution in [0.4, 0.5) is 0 Å². The van der Waals surface area contributed by atoms with Gasteiger partial charge in [0, 0.05) is 19.1 Å². The van der Waals surface area contributed by atoms with E-state index in [9.17, 15) is 0 Å². The van der Waals surface area contributed by atoms with E-state index in [2.05, 4.69) is 73.7 Å². The van der Waals surface area contributed by atoms with Crippen molar-refractivity contribution in [1.29, 1.82) is 0 Å². The Labute approximate surface area is 157 Å². The second-order valence-corrected chi connectivity index (χ2v) is 6.85. The smallest absolute Gasteiger partial charge is 0.138 e. The van der Waals surface area contributed by atoms with Gasteiger partial charge in [-0.2, -0.15) is 0 Å². The maximum Gasteiger partial charge on any atom is 0.138 e. The van der Waals surface area contributed by atoms with Gasteiger partial charge in [-0.05, 0) is 30.1 Å². The topological polar surface area (TPSA) is 18.5 Å². The molecule has 2 heteroatoms. The minimum Gasteiger partial charge on any atom is -0.482 e. The van der Waals surface area contributed by atoms with Crippen LogP contribution in [0, 0.1) is 0 Å². The van der Waals surface area contributed by atoms with E-state index >= 15 is 0 Å². The van der Waals surface area contributed by atoms with Crippen molar-refractivity contribution < 1.29 is 9.47 Å². The molecule has 2 aromatic carbocycles. The molecule has 1 heterocycles. The van der Waals surface area contributed by atoms with Gasteiger partial charge >= 0.3 is 0 Å². The van der Waals surface area contributed by atoms with E-state index in [-0.39, 0.29) is 5.60 Å². The SMILES string of the molecule is CCCCC1(c2ccccc2)C/C(=C\COC)C=C(c2ccccc2)O1. The van der Waals surface area contributed by atoms with E-state index in [0.29, 0.717) is 6.61 Å². The molecule has 3 rings (SSSR count). The first-order chi connectivity index (χ1) is 12.8. The summed E-state index contributed by atoms with van der Waals surface area (Å²) in [6, 6.07) is 21.0. The molecule has 0 radical (unpaired) electrons. The second kappa shape index (κ2) is 8.86. The molecule has 1 atom stereocenters. The third kappa shape index (κ3) is 4.25. The van der Waals surface area contributed by atoms with E-state index in [1.807, 2.05) is 6.07 Å². The van der Waals surface area contributed by atoms with Crippen LogP contribution in [-0.2, 0) is 15.1 Å². The van der Waals surface area contributed by atoms with Gasteiger partial charge in [0.1, 0.15) is 11.4 Å². The van der Waals surface area contributed by atoms with E-state index in [0.717, 1.165) is 37.0 Å². The maximum atomic E-state index is 6.74. The standard InChI is InChI=1S/C24H28O2/c1-3-4-16-24(22-13-9-6-10-14-22)19-20(15-17-25-2)18-23(26-24)21-11-7-5-8-12-21/h5-15,18H,3-4,16-17,19H2,1-2H3/b20-15-. The number of unbranched alkanes of at least 4 members (excludes halogenated alkanes) is 1. The molecule has 26 heavy (non-hydrogen) atoms. The van der Waals surface area contributed by atoms with Crippen LogP contribution in [0.2, 0.25) is 0 Å². The summed E-state index contributed by atoms with van der Waals surface area (Å²) in [5, 5.41) is 0. The monoisotopic (exact) mass is 348 g/mol. The lowest BCUT2D eigenvalue weighted by Gasteiger charge is -2.40. The van der Waals surface area contributed by atoms with Gasteiger partial charge in [-0.15, -0.1) is 0 Å². The highest BCUT2D eigenvalue weighted by molar-refractivity contribution is 5.65. The van der Waals surface area contributed by atoms with Gasteiger partial charge in [0.25, 0.3) is 0 Å². The number of benzene rings is 2. The number of ether oxygens (including phenoxy) is 2. The van der Waals surface area contributed by atoms with Crippen molar-refractivity contribution in [2.24, 2.45) is 0 Å². The zero-order chi connectivity index (χ0) is 18.2. The highest BCUT2D eigenvalue weighted by Gasteiger charge is 2.38. The summed E-state index contributed by atoms with van der Waals surface area (Å²) >= 11 is 0. The number of hydrogen-bond acceptors (Lipinski definition) is 2. The number of methoxy groups -OCH3 is 1. The summed E-state index contributed by atoms with van der Waals surface area (Å²) in [4.78, 5) is 0. The molecule has 0 N–H and O–H groups in total. The van der Waals surface area contributed by atoms with Crippen LogP contribution in [-0.4, -0.2) is 13.7 Å². The zero-order valence-corrected chi connectivity index (χ0v) is 15.8. The third-order valence-corrected chi connectivity index (χ3v) is 4.92.